The van der Waals surface area contributed by atoms with Crippen LogP contribution < -0.4 is 0 Å². The molecule has 2 rings (SSSR count). The lowest BCUT2D eigenvalue weighted by Gasteiger charge is -2.40. The van der Waals surface area contributed by atoms with Crippen LogP contribution in [0.5, 0.6) is 0 Å². The molecular weight excluding hydrogens is 340 g/mol. The quantitative estimate of drug-likeness (QED) is 0.777. The third-order valence-corrected chi connectivity index (χ3v) is 5.39. The smallest absolute Gasteiger partial charge is 0.194 e. The Morgan fingerprint density at radius 3 is 2.60 bits per heavy atom. The molecule has 1 aromatic rings. The summed E-state index contributed by atoms with van der Waals surface area (Å²) in [6.07, 6.45) is 6.70. The van der Waals surface area contributed by atoms with Crippen LogP contribution in [-0.2, 0) is 15.6 Å². The van der Waals surface area contributed by atoms with Crippen LogP contribution in [0.25, 0.3) is 0 Å². The van der Waals surface area contributed by atoms with Crippen LogP contribution in [-0.4, -0.2) is 42.5 Å². The van der Waals surface area contributed by atoms with Gasteiger partial charge in [-0.15, -0.1) is 0 Å². The Bertz CT molecular complexity index is 838. The van der Waals surface area contributed by atoms with Gasteiger partial charge in [0.25, 0.3) is 0 Å². The molecule has 0 saturated heterocycles. The van der Waals surface area contributed by atoms with E-state index in [4.69, 9.17) is 0 Å². The summed E-state index contributed by atoms with van der Waals surface area (Å²) in [4.78, 5) is 10.1. The van der Waals surface area contributed by atoms with Crippen molar-refractivity contribution in [3.63, 3.8) is 0 Å². The van der Waals surface area contributed by atoms with Crippen molar-refractivity contribution in [1.82, 2.24) is 9.88 Å². The van der Waals surface area contributed by atoms with Gasteiger partial charge in [0, 0.05) is 18.5 Å². The van der Waals surface area contributed by atoms with E-state index >= 15 is 0 Å². The minimum atomic E-state index is -3.68. The Labute approximate surface area is 148 Å². The number of nitriles is 1. The zero-order chi connectivity index (χ0) is 18.8. The molecule has 1 aliphatic heterocycles. The molecule has 0 spiro atoms. The minimum Gasteiger partial charge on any atom is -0.367 e. The number of fused-ring (bicyclic) bond motifs is 1. The Hall–Kier alpha value is -1.98. The number of aliphatic imine (C=N–C) groups is 1. The largest absolute Gasteiger partial charge is 0.367 e. The van der Waals surface area contributed by atoms with Gasteiger partial charge in [0.15, 0.2) is 20.6 Å². The van der Waals surface area contributed by atoms with Crippen molar-refractivity contribution in [2.24, 2.45) is 4.99 Å². The monoisotopic (exact) mass is 364 g/mol. The first-order valence-corrected chi connectivity index (χ1v) is 10.2. The third-order valence-electron chi connectivity index (χ3n) is 4.39. The van der Waals surface area contributed by atoms with Gasteiger partial charge >= 0.3 is 0 Å². The molecule has 0 saturated carbocycles. The lowest BCUT2D eigenvalue weighted by Crippen LogP contribution is -2.46. The Morgan fingerprint density at radius 2 is 2.04 bits per heavy atom. The molecule has 2 heterocycles. The van der Waals surface area contributed by atoms with E-state index in [9.17, 15) is 18.8 Å². The van der Waals surface area contributed by atoms with Crippen LogP contribution in [0, 0.1) is 18.3 Å². The maximum atomic E-state index is 11.9. The highest BCUT2D eigenvalue weighted by molar-refractivity contribution is 7.90. The predicted octanol–water partition coefficient (Wildman–Crippen LogP) is 2.39. The SMILES string of the molecule is CCCCCCN1C=Nc2c(C#N)c(S(C)(=O)=O)nc(C)c2C1(C)O. The summed E-state index contributed by atoms with van der Waals surface area (Å²) in [6.45, 7) is 5.99. The lowest BCUT2D eigenvalue weighted by atomic mass is 9.95. The molecule has 0 fully saturated rings. The molecule has 25 heavy (non-hydrogen) atoms. The molecule has 0 bridgehead atoms. The number of nitrogens with zero attached hydrogens (tertiary/aromatic N) is 4. The molecule has 7 nitrogen and oxygen atoms in total. The number of rotatable bonds is 6. The molecule has 0 aliphatic carbocycles. The van der Waals surface area contributed by atoms with Crippen LogP contribution in [0.2, 0.25) is 0 Å². The Balaban J connectivity index is 2.52. The molecule has 0 radical (unpaired) electrons. The molecule has 8 heteroatoms. The van der Waals surface area contributed by atoms with Gasteiger partial charge in [0.05, 0.1) is 17.6 Å². The highest BCUT2D eigenvalue weighted by Gasteiger charge is 2.39. The summed E-state index contributed by atoms with van der Waals surface area (Å²) < 4.78 is 23.9. The summed E-state index contributed by atoms with van der Waals surface area (Å²) in [5, 5.41) is 20.2. The molecule has 1 atom stereocenters. The summed E-state index contributed by atoms with van der Waals surface area (Å²) in [5.74, 6) is 0. The van der Waals surface area contributed by atoms with Gasteiger partial charge in [0.1, 0.15) is 11.6 Å². The molecule has 136 valence electrons. The minimum absolute atomic E-state index is 0.120. The number of aromatic nitrogens is 1. The van der Waals surface area contributed by atoms with E-state index in [1.165, 1.54) is 6.34 Å². The average Bonchev–Trinajstić information content (AvgIpc) is 2.51. The standard InChI is InChI=1S/C17H24N4O3S/c1-5-6-7-8-9-21-11-19-15-13(10-18)16(25(4,23)24)20-12(2)14(15)17(21,3)22/h11,22H,5-9H2,1-4H3. The topological polar surface area (TPSA) is 107 Å². The number of sulfone groups is 1. The molecule has 0 aromatic carbocycles. The zero-order valence-corrected chi connectivity index (χ0v) is 15.9. The molecule has 1 N–H and O–H groups in total. The number of hydrogen-bond acceptors (Lipinski definition) is 7. The first-order valence-electron chi connectivity index (χ1n) is 8.33. The normalized spacial score (nSPS) is 19.6. The average molecular weight is 364 g/mol. The summed E-state index contributed by atoms with van der Waals surface area (Å²) in [5.41, 5.74) is -0.595. The molecule has 1 unspecified atom stereocenters. The van der Waals surface area contributed by atoms with Crippen molar-refractivity contribution >= 4 is 21.9 Å². The van der Waals surface area contributed by atoms with Gasteiger partial charge in [-0.1, -0.05) is 26.2 Å². The van der Waals surface area contributed by atoms with Gasteiger partial charge < -0.3 is 10.0 Å². The number of aryl methyl sites for hydroxylation is 1. The molecule has 1 aromatic heterocycles. The summed E-state index contributed by atoms with van der Waals surface area (Å²) in [7, 11) is -3.68. The van der Waals surface area contributed by atoms with Crippen LogP contribution in [0.1, 0.15) is 56.4 Å². The van der Waals surface area contributed by atoms with Crippen LogP contribution in [0.4, 0.5) is 5.69 Å². The molecular formula is C17H24N4O3S. The highest BCUT2D eigenvalue weighted by atomic mass is 32.2. The molecule has 1 aliphatic rings. The first kappa shape index (κ1) is 19.3. The van der Waals surface area contributed by atoms with Gasteiger partial charge in [-0.2, -0.15) is 5.26 Å². The van der Waals surface area contributed by atoms with E-state index in [-0.39, 0.29) is 16.3 Å². The van der Waals surface area contributed by atoms with Crippen LogP contribution in [0.15, 0.2) is 10.0 Å². The van der Waals surface area contributed by atoms with E-state index in [0.29, 0.717) is 17.8 Å². The fraction of sp³-hybridized carbons (Fsp3) is 0.588. The van der Waals surface area contributed by atoms with E-state index in [1.54, 1.807) is 18.7 Å². The van der Waals surface area contributed by atoms with Gasteiger partial charge in [-0.05, 0) is 20.3 Å². The fourth-order valence-corrected chi connectivity index (χ4v) is 3.91. The maximum Gasteiger partial charge on any atom is 0.194 e. The van der Waals surface area contributed by atoms with Crippen LogP contribution in [0.3, 0.4) is 0 Å². The zero-order valence-electron chi connectivity index (χ0n) is 15.1. The van der Waals surface area contributed by atoms with Gasteiger partial charge in [-0.3, -0.25) is 0 Å². The number of pyridine rings is 1. The number of unbranched alkanes of at least 4 members (excludes halogenated alkanes) is 3. The molecule has 0 amide bonds. The highest BCUT2D eigenvalue weighted by Crippen LogP contribution is 2.41. The number of hydrogen-bond donors (Lipinski definition) is 1. The first-order chi connectivity index (χ1) is 11.6. The summed E-state index contributed by atoms with van der Waals surface area (Å²) >= 11 is 0. The van der Waals surface area contributed by atoms with Crippen molar-refractivity contribution in [2.75, 3.05) is 12.8 Å². The van der Waals surface area contributed by atoms with Crippen molar-refractivity contribution in [1.29, 1.82) is 5.26 Å². The Morgan fingerprint density at radius 1 is 1.36 bits per heavy atom. The predicted molar refractivity (Wildman–Crippen MR) is 95.4 cm³/mol. The second-order valence-corrected chi connectivity index (χ2v) is 8.44. The van der Waals surface area contributed by atoms with E-state index in [1.807, 2.05) is 6.07 Å². The van der Waals surface area contributed by atoms with Crippen molar-refractivity contribution < 1.29 is 13.5 Å². The second kappa shape index (κ2) is 7.10. The van der Waals surface area contributed by atoms with Crippen molar-refractivity contribution in [3.05, 3.63) is 16.8 Å². The summed E-state index contributed by atoms with van der Waals surface area (Å²) in [6, 6.07) is 1.88. The van der Waals surface area contributed by atoms with E-state index in [2.05, 4.69) is 16.9 Å². The third kappa shape index (κ3) is 3.67. The van der Waals surface area contributed by atoms with Gasteiger partial charge in [-0.25, -0.2) is 18.4 Å². The maximum absolute atomic E-state index is 11.9. The van der Waals surface area contributed by atoms with Crippen LogP contribution >= 0.6 is 0 Å². The van der Waals surface area contributed by atoms with E-state index in [0.717, 1.165) is 31.9 Å². The van der Waals surface area contributed by atoms with Gasteiger partial charge in [0.2, 0.25) is 0 Å². The Kier molecular flexibility index (Phi) is 5.49. The lowest BCUT2D eigenvalue weighted by molar-refractivity contribution is -0.0594. The fourth-order valence-electron chi connectivity index (χ4n) is 3.09. The van der Waals surface area contributed by atoms with Crippen molar-refractivity contribution in [3.8, 4) is 6.07 Å². The van der Waals surface area contributed by atoms with E-state index < -0.39 is 15.6 Å². The number of aliphatic hydroxyl groups is 1. The van der Waals surface area contributed by atoms with Crippen molar-refractivity contribution in [2.45, 2.75) is 57.2 Å². The second-order valence-electron chi connectivity index (χ2n) is 6.50.